The lowest BCUT2D eigenvalue weighted by Gasteiger charge is -2.14. The van der Waals surface area contributed by atoms with E-state index in [4.69, 9.17) is 23.2 Å². The first-order chi connectivity index (χ1) is 9.47. The van der Waals surface area contributed by atoms with Gasteiger partial charge in [0.25, 0.3) is 0 Å². The van der Waals surface area contributed by atoms with Crippen molar-refractivity contribution in [1.29, 1.82) is 0 Å². The van der Waals surface area contributed by atoms with Crippen LogP contribution in [0.1, 0.15) is 19.4 Å². The Hall–Kier alpha value is -1.09. The fourth-order valence-electron chi connectivity index (χ4n) is 1.97. The highest BCUT2D eigenvalue weighted by atomic mass is 35.5. The van der Waals surface area contributed by atoms with Gasteiger partial charge in [-0.2, -0.15) is 0 Å². The number of nitrogens with one attached hydrogen (secondary N) is 1. The molecule has 20 heavy (non-hydrogen) atoms. The highest BCUT2D eigenvalue weighted by Crippen LogP contribution is 2.29. The Labute approximate surface area is 128 Å². The molecule has 0 fully saturated rings. The van der Waals surface area contributed by atoms with Crippen molar-refractivity contribution >= 4 is 23.2 Å². The minimum atomic E-state index is -0.411. The summed E-state index contributed by atoms with van der Waals surface area (Å²) in [5.41, 5.74) is 2.95. The Kier molecular flexibility index (Phi) is 5.03. The fourth-order valence-corrected chi connectivity index (χ4v) is 2.34. The van der Waals surface area contributed by atoms with E-state index in [-0.39, 0.29) is 5.02 Å². The quantitative estimate of drug-likeness (QED) is 0.808. The maximum atomic E-state index is 13.3. The summed E-state index contributed by atoms with van der Waals surface area (Å²) in [6.07, 6.45) is 0. The molecule has 0 aliphatic carbocycles. The largest absolute Gasteiger partial charge is 0.310 e. The van der Waals surface area contributed by atoms with E-state index in [1.54, 1.807) is 12.1 Å². The molecule has 0 bridgehead atoms. The van der Waals surface area contributed by atoms with E-state index >= 15 is 0 Å². The summed E-state index contributed by atoms with van der Waals surface area (Å²) < 4.78 is 13.3. The molecule has 0 amide bonds. The highest BCUT2D eigenvalue weighted by Gasteiger charge is 2.09. The van der Waals surface area contributed by atoms with Crippen LogP contribution in [0.15, 0.2) is 36.4 Å². The predicted molar refractivity (Wildman–Crippen MR) is 83.8 cm³/mol. The van der Waals surface area contributed by atoms with Crippen molar-refractivity contribution in [3.8, 4) is 11.1 Å². The summed E-state index contributed by atoms with van der Waals surface area (Å²) in [6.45, 7) is 4.86. The first-order valence-corrected chi connectivity index (χ1v) is 7.20. The van der Waals surface area contributed by atoms with Gasteiger partial charge in [-0.05, 0) is 41.0 Å². The number of hydrogen-bond acceptors (Lipinski definition) is 1. The van der Waals surface area contributed by atoms with E-state index in [2.05, 4.69) is 19.2 Å². The van der Waals surface area contributed by atoms with Crippen LogP contribution in [0.3, 0.4) is 0 Å². The maximum absolute atomic E-state index is 13.3. The molecule has 0 unspecified atom stereocenters. The number of halogens is 3. The lowest BCUT2D eigenvalue weighted by Crippen LogP contribution is -2.22. The summed E-state index contributed by atoms with van der Waals surface area (Å²) in [5, 5.41) is 4.17. The molecule has 0 radical (unpaired) electrons. The van der Waals surface area contributed by atoms with Crippen molar-refractivity contribution in [2.24, 2.45) is 0 Å². The first-order valence-electron chi connectivity index (χ1n) is 6.44. The van der Waals surface area contributed by atoms with Gasteiger partial charge >= 0.3 is 0 Å². The Balaban J connectivity index is 2.41. The second kappa shape index (κ2) is 6.57. The maximum Gasteiger partial charge on any atom is 0.141 e. The van der Waals surface area contributed by atoms with E-state index in [0.29, 0.717) is 17.6 Å². The molecule has 0 saturated heterocycles. The molecule has 1 nitrogen and oxygen atoms in total. The molecule has 0 aromatic heterocycles. The van der Waals surface area contributed by atoms with E-state index in [1.165, 1.54) is 6.07 Å². The van der Waals surface area contributed by atoms with Crippen LogP contribution < -0.4 is 5.32 Å². The Morgan fingerprint density at radius 1 is 1.10 bits per heavy atom. The molecular weight excluding hydrogens is 296 g/mol. The smallest absolute Gasteiger partial charge is 0.141 e. The Morgan fingerprint density at radius 3 is 2.50 bits per heavy atom. The van der Waals surface area contributed by atoms with Crippen molar-refractivity contribution in [3.05, 3.63) is 57.8 Å². The standard InChI is InChI=1S/C16H16Cl2FN/c1-10(2)20-9-12-7-13(17)4-5-14(12)11-3-6-16(19)15(18)8-11/h3-8,10,20H,9H2,1-2H3. The van der Waals surface area contributed by atoms with E-state index in [0.717, 1.165) is 16.7 Å². The van der Waals surface area contributed by atoms with Gasteiger partial charge in [-0.3, -0.25) is 0 Å². The van der Waals surface area contributed by atoms with E-state index in [9.17, 15) is 4.39 Å². The monoisotopic (exact) mass is 311 g/mol. The van der Waals surface area contributed by atoms with Crippen LogP contribution in [0, 0.1) is 5.82 Å². The molecule has 2 aromatic carbocycles. The zero-order valence-electron chi connectivity index (χ0n) is 11.4. The fraction of sp³-hybridized carbons (Fsp3) is 0.250. The molecule has 0 atom stereocenters. The Bertz CT molecular complexity index is 611. The highest BCUT2D eigenvalue weighted by molar-refractivity contribution is 6.31. The molecule has 0 aliphatic rings. The molecule has 2 aromatic rings. The van der Waals surface area contributed by atoms with Gasteiger partial charge < -0.3 is 5.32 Å². The zero-order valence-corrected chi connectivity index (χ0v) is 12.9. The van der Waals surface area contributed by atoms with Crippen molar-refractivity contribution in [2.45, 2.75) is 26.4 Å². The molecule has 0 spiro atoms. The molecule has 106 valence electrons. The van der Waals surface area contributed by atoms with Gasteiger partial charge in [-0.25, -0.2) is 4.39 Å². The van der Waals surface area contributed by atoms with Gasteiger partial charge in [-0.15, -0.1) is 0 Å². The van der Waals surface area contributed by atoms with Gasteiger partial charge in [0.2, 0.25) is 0 Å². The summed E-state index contributed by atoms with van der Waals surface area (Å²) in [4.78, 5) is 0. The molecular formula is C16H16Cl2FN. The topological polar surface area (TPSA) is 12.0 Å². The lowest BCUT2D eigenvalue weighted by molar-refractivity contribution is 0.589. The average molecular weight is 312 g/mol. The van der Waals surface area contributed by atoms with Crippen LogP contribution in [0.2, 0.25) is 10.0 Å². The van der Waals surface area contributed by atoms with Gasteiger partial charge in [0.05, 0.1) is 5.02 Å². The summed E-state index contributed by atoms with van der Waals surface area (Å²) >= 11 is 11.9. The number of benzene rings is 2. The van der Waals surface area contributed by atoms with Gasteiger partial charge in [-0.1, -0.05) is 49.2 Å². The minimum Gasteiger partial charge on any atom is -0.310 e. The molecule has 4 heteroatoms. The van der Waals surface area contributed by atoms with Gasteiger partial charge in [0.1, 0.15) is 5.82 Å². The van der Waals surface area contributed by atoms with E-state index in [1.807, 2.05) is 18.2 Å². The zero-order chi connectivity index (χ0) is 14.7. The summed E-state index contributed by atoms with van der Waals surface area (Å²) in [6, 6.07) is 10.8. The predicted octanol–water partition coefficient (Wildman–Crippen LogP) is 5.30. The van der Waals surface area contributed by atoms with E-state index < -0.39 is 5.82 Å². The normalized spacial score (nSPS) is 11.1. The summed E-state index contributed by atoms with van der Waals surface area (Å²) in [7, 11) is 0. The Morgan fingerprint density at radius 2 is 1.85 bits per heavy atom. The molecule has 0 aliphatic heterocycles. The molecule has 0 heterocycles. The number of rotatable bonds is 4. The lowest BCUT2D eigenvalue weighted by atomic mass is 9.99. The molecule has 0 saturated carbocycles. The van der Waals surface area contributed by atoms with Crippen LogP contribution >= 0.6 is 23.2 Å². The molecule has 2 rings (SSSR count). The summed E-state index contributed by atoms with van der Waals surface area (Å²) in [5.74, 6) is -0.411. The first kappa shape index (κ1) is 15.3. The third-order valence-corrected chi connectivity index (χ3v) is 3.52. The van der Waals surface area contributed by atoms with Crippen molar-refractivity contribution in [2.75, 3.05) is 0 Å². The minimum absolute atomic E-state index is 0.125. The van der Waals surface area contributed by atoms with Crippen molar-refractivity contribution in [3.63, 3.8) is 0 Å². The second-order valence-corrected chi connectivity index (χ2v) is 5.81. The van der Waals surface area contributed by atoms with Gasteiger partial charge in [0.15, 0.2) is 0 Å². The van der Waals surface area contributed by atoms with Crippen LogP contribution in [0.4, 0.5) is 4.39 Å². The third kappa shape index (κ3) is 3.72. The van der Waals surface area contributed by atoms with Gasteiger partial charge in [0, 0.05) is 17.6 Å². The van der Waals surface area contributed by atoms with Crippen LogP contribution in [0.25, 0.3) is 11.1 Å². The van der Waals surface area contributed by atoms with Crippen LogP contribution in [-0.4, -0.2) is 6.04 Å². The SMILES string of the molecule is CC(C)NCc1cc(Cl)ccc1-c1ccc(F)c(Cl)c1. The third-order valence-electron chi connectivity index (χ3n) is 3.00. The van der Waals surface area contributed by atoms with Crippen LogP contribution in [-0.2, 0) is 6.54 Å². The molecule has 1 N–H and O–H groups in total. The van der Waals surface area contributed by atoms with Crippen molar-refractivity contribution < 1.29 is 4.39 Å². The number of hydrogen-bond donors (Lipinski definition) is 1. The second-order valence-electron chi connectivity index (χ2n) is 4.97. The average Bonchev–Trinajstić information content (AvgIpc) is 2.40. The van der Waals surface area contributed by atoms with Crippen molar-refractivity contribution in [1.82, 2.24) is 5.32 Å². The van der Waals surface area contributed by atoms with Crippen LogP contribution in [0.5, 0.6) is 0 Å².